The summed E-state index contributed by atoms with van der Waals surface area (Å²) < 4.78 is 34.1. The van der Waals surface area contributed by atoms with E-state index in [1.165, 1.54) is 4.31 Å². The van der Waals surface area contributed by atoms with E-state index in [1.807, 2.05) is 19.0 Å². The van der Waals surface area contributed by atoms with Crippen LogP contribution in [0.3, 0.4) is 0 Å². The molecule has 2 heterocycles. The number of hydrogen-bond donors (Lipinski definition) is 1. The predicted molar refractivity (Wildman–Crippen MR) is 119 cm³/mol. The van der Waals surface area contributed by atoms with Gasteiger partial charge < -0.3 is 15.0 Å². The van der Waals surface area contributed by atoms with Crippen molar-refractivity contribution in [1.29, 1.82) is 0 Å². The van der Waals surface area contributed by atoms with E-state index in [0.29, 0.717) is 42.3 Å². The van der Waals surface area contributed by atoms with E-state index in [1.54, 1.807) is 44.4 Å². The largest absolute Gasteiger partial charge is 0.470 e. The maximum absolute atomic E-state index is 13.3. The van der Waals surface area contributed by atoms with Gasteiger partial charge in [0, 0.05) is 45.1 Å². The molecule has 9 nitrogen and oxygen atoms in total. The maximum Gasteiger partial charge on any atom is 0.257 e. The molecule has 1 N–H and O–H groups in total. The molecule has 0 radical (unpaired) electrons. The number of sulfonamides is 1. The summed E-state index contributed by atoms with van der Waals surface area (Å²) in [5.74, 6) is 0.874. The molecule has 168 valence electrons. The fraction of sp³-hybridized carbons (Fsp3) is 0.476. The lowest BCUT2D eigenvalue weighted by Gasteiger charge is -2.32. The van der Waals surface area contributed by atoms with Crippen LogP contribution in [0.4, 0.5) is 11.5 Å². The Balaban J connectivity index is 1.77. The smallest absolute Gasteiger partial charge is 0.257 e. The number of nitrogens with one attached hydrogen (secondary N) is 1. The molecule has 1 unspecified atom stereocenters. The van der Waals surface area contributed by atoms with Gasteiger partial charge in [-0.3, -0.25) is 4.79 Å². The Hall–Kier alpha value is -2.72. The number of piperidine rings is 1. The van der Waals surface area contributed by atoms with Gasteiger partial charge in [0.1, 0.15) is 6.10 Å². The van der Waals surface area contributed by atoms with E-state index in [2.05, 4.69) is 15.3 Å². The van der Waals surface area contributed by atoms with Crippen LogP contribution in [0.25, 0.3) is 0 Å². The number of benzene rings is 1. The second-order valence-corrected chi connectivity index (χ2v) is 9.61. The van der Waals surface area contributed by atoms with Crippen LogP contribution in [0.2, 0.25) is 0 Å². The fourth-order valence-electron chi connectivity index (χ4n) is 3.49. The minimum atomic E-state index is -3.70. The summed E-state index contributed by atoms with van der Waals surface area (Å²) in [5.41, 5.74) is 1.17. The molecule has 0 saturated carbocycles. The third-order valence-corrected chi connectivity index (χ3v) is 7.11. The highest BCUT2D eigenvalue weighted by Gasteiger charge is 2.32. The summed E-state index contributed by atoms with van der Waals surface area (Å²) in [6.07, 6.45) is 4.61. The van der Waals surface area contributed by atoms with Crippen molar-refractivity contribution >= 4 is 27.4 Å². The van der Waals surface area contributed by atoms with Crippen LogP contribution in [-0.2, 0) is 14.8 Å². The van der Waals surface area contributed by atoms with Gasteiger partial charge in [-0.2, -0.15) is 4.31 Å². The van der Waals surface area contributed by atoms with Crippen LogP contribution < -0.4 is 15.0 Å². The Morgan fingerprint density at radius 2 is 2.03 bits per heavy atom. The molecular weight excluding hydrogens is 418 g/mol. The van der Waals surface area contributed by atoms with Crippen molar-refractivity contribution in [3.8, 4) is 5.88 Å². The van der Waals surface area contributed by atoms with Crippen LogP contribution >= 0.6 is 0 Å². The van der Waals surface area contributed by atoms with Gasteiger partial charge in [-0.05, 0) is 43.5 Å². The van der Waals surface area contributed by atoms with E-state index >= 15 is 0 Å². The number of anilines is 2. The monoisotopic (exact) mass is 447 g/mol. The molecular formula is C21H29N5O4S. The Morgan fingerprint density at radius 1 is 1.29 bits per heavy atom. The summed E-state index contributed by atoms with van der Waals surface area (Å²) in [7, 11) is 0.00117. The van der Waals surface area contributed by atoms with Gasteiger partial charge in [-0.15, -0.1) is 0 Å². The highest BCUT2D eigenvalue weighted by Crippen LogP contribution is 2.28. The van der Waals surface area contributed by atoms with Gasteiger partial charge in [0.15, 0.2) is 5.82 Å². The standard InChI is InChI=1S/C21H29N5O4S/c1-5-19(27)24-16-8-9-18(15(2)13-16)31(28,29)26-12-6-7-17(14-26)30-21-20(25(3)4)22-10-11-23-21/h8-11,13,17H,5-7,12,14H2,1-4H3,(H,24,27). The van der Waals surface area contributed by atoms with E-state index in [0.717, 1.165) is 6.42 Å². The lowest BCUT2D eigenvalue weighted by molar-refractivity contribution is -0.115. The fourth-order valence-corrected chi connectivity index (χ4v) is 5.21. The first-order valence-electron chi connectivity index (χ1n) is 10.3. The summed E-state index contributed by atoms with van der Waals surface area (Å²) in [6.45, 7) is 4.16. The van der Waals surface area contributed by atoms with Crippen LogP contribution in [0, 0.1) is 6.92 Å². The van der Waals surface area contributed by atoms with E-state index in [9.17, 15) is 13.2 Å². The number of carbonyl (C=O) groups is 1. The third kappa shape index (κ3) is 5.31. The maximum atomic E-state index is 13.3. The van der Waals surface area contributed by atoms with Crippen LogP contribution in [0.5, 0.6) is 5.88 Å². The molecule has 1 aromatic heterocycles. The quantitative estimate of drug-likeness (QED) is 0.695. The molecule has 1 saturated heterocycles. The number of rotatable bonds is 7. The normalized spacial score (nSPS) is 17.2. The number of ether oxygens (including phenoxy) is 1. The zero-order chi connectivity index (χ0) is 22.6. The number of carbonyl (C=O) groups excluding carboxylic acids is 1. The second-order valence-electron chi connectivity index (χ2n) is 7.71. The van der Waals surface area contributed by atoms with E-state index < -0.39 is 10.0 Å². The predicted octanol–water partition coefficient (Wildman–Crippen LogP) is 2.43. The first kappa shape index (κ1) is 23.0. The highest BCUT2D eigenvalue weighted by molar-refractivity contribution is 7.89. The number of aromatic nitrogens is 2. The second kappa shape index (κ2) is 9.61. The van der Waals surface area contributed by atoms with Gasteiger partial charge in [0.25, 0.3) is 5.88 Å². The average molecular weight is 448 g/mol. The molecule has 1 amide bonds. The first-order valence-corrected chi connectivity index (χ1v) is 11.7. The summed E-state index contributed by atoms with van der Waals surface area (Å²) in [6, 6.07) is 4.85. The molecule has 0 spiro atoms. The lowest BCUT2D eigenvalue weighted by Crippen LogP contribution is -2.44. The summed E-state index contributed by atoms with van der Waals surface area (Å²) in [5, 5.41) is 2.76. The molecule has 3 rings (SSSR count). The number of aryl methyl sites for hydroxylation is 1. The average Bonchev–Trinajstić information content (AvgIpc) is 2.74. The Kier molecular flexibility index (Phi) is 7.11. The molecule has 10 heteroatoms. The Morgan fingerprint density at radius 3 is 2.71 bits per heavy atom. The zero-order valence-corrected chi connectivity index (χ0v) is 19.1. The topological polar surface area (TPSA) is 105 Å². The van der Waals surface area contributed by atoms with Gasteiger partial charge in [0.05, 0.1) is 11.4 Å². The van der Waals surface area contributed by atoms with Crippen molar-refractivity contribution < 1.29 is 17.9 Å². The molecule has 1 fully saturated rings. The molecule has 2 aromatic rings. The zero-order valence-electron chi connectivity index (χ0n) is 18.3. The molecule has 1 aliphatic heterocycles. The molecule has 1 aromatic carbocycles. The number of amides is 1. The molecule has 1 atom stereocenters. The van der Waals surface area contributed by atoms with Crippen molar-refractivity contribution in [3.63, 3.8) is 0 Å². The first-order chi connectivity index (χ1) is 14.7. The van der Waals surface area contributed by atoms with Gasteiger partial charge in [0.2, 0.25) is 15.9 Å². The van der Waals surface area contributed by atoms with Crippen molar-refractivity contribution in [2.45, 2.75) is 44.1 Å². The van der Waals surface area contributed by atoms with E-state index in [4.69, 9.17) is 4.74 Å². The van der Waals surface area contributed by atoms with Crippen molar-refractivity contribution in [2.24, 2.45) is 0 Å². The van der Waals surface area contributed by atoms with Crippen LogP contribution in [0.1, 0.15) is 31.7 Å². The van der Waals surface area contributed by atoms with Crippen LogP contribution in [-0.4, -0.2) is 61.9 Å². The summed E-state index contributed by atoms with van der Waals surface area (Å²) in [4.78, 5) is 22.2. The Bertz CT molecular complexity index is 1040. The molecule has 1 aliphatic rings. The highest BCUT2D eigenvalue weighted by atomic mass is 32.2. The van der Waals surface area contributed by atoms with Gasteiger partial charge in [-0.25, -0.2) is 18.4 Å². The minimum absolute atomic E-state index is 0.118. The summed E-state index contributed by atoms with van der Waals surface area (Å²) >= 11 is 0. The third-order valence-electron chi connectivity index (χ3n) is 5.09. The van der Waals surface area contributed by atoms with Crippen molar-refractivity contribution in [2.75, 3.05) is 37.4 Å². The number of hydrogen-bond acceptors (Lipinski definition) is 7. The number of nitrogens with zero attached hydrogens (tertiary/aromatic N) is 4. The van der Waals surface area contributed by atoms with Gasteiger partial charge in [-0.1, -0.05) is 6.92 Å². The van der Waals surface area contributed by atoms with E-state index in [-0.39, 0.29) is 23.5 Å². The Labute approximate surface area is 183 Å². The van der Waals surface area contributed by atoms with Gasteiger partial charge >= 0.3 is 0 Å². The van der Waals surface area contributed by atoms with Crippen molar-refractivity contribution in [1.82, 2.24) is 14.3 Å². The molecule has 31 heavy (non-hydrogen) atoms. The molecule has 0 bridgehead atoms. The lowest BCUT2D eigenvalue weighted by atomic mass is 10.1. The minimum Gasteiger partial charge on any atom is -0.470 e. The van der Waals surface area contributed by atoms with Crippen LogP contribution in [0.15, 0.2) is 35.5 Å². The van der Waals surface area contributed by atoms with Crippen molar-refractivity contribution in [3.05, 3.63) is 36.2 Å². The SMILES string of the molecule is CCC(=O)Nc1ccc(S(=O)(=O)N2CCCC(Oc3nccnc3N(C)C)C2)c(C)c1. The molecule has 0 aliphatic carbocycles.